The molecule has 0 radical (unpaired) electrons. The van der Waals surface area contributed by atoms with Crippen LogP contribution in [0.2, 0.25) is 0 Å². The molecule has 0 unspecified atom stereocenters. The molecule has 0 saturated carbocycles. The molecule has 1 N–H and O–H groups in total. The van der Waals surface area contributed by atoms with E-state index in [-0.39, 0.29) is 30.5 Å². The third-order valence-electron chi connectivity index (χ3n) is 5.10. The largest absolute Gasteiger partial charge is 0.345 e. The number of hydrogen-bond donors (Lipinski definition) is 1. The Morgan fingerprint density at radius 1 is 1.19 bits per heavy atom. The van der Waals surface area contributed by atoms with Gasteiger partial charge in [0.25, 0.3) is 5.56 Å². The van der Waals surface area contributed by atoms with Crippen LogP contribution in [0.15, 0.2) is 35.1 Å². The van der Waals surface area contributed by atoms with E-state index in [2.05, 4.69) is 12.2 Å². The molecule has 6 nitrogen and oxygen atoms in total. The molecule has 1 aromatic heterocycles. The first-order valence-corrected chi connectivity index (χ1v) is 9.09. The number of carbonyl (C=O) groups is 2. The molecule has 26 heavy (non-hydrogen) atoms. The Hall–Kier alpha value is -2.63. The first kappa shape index (κ1) is 18.2. The Balaban J connectivity index is 1.62. The lowest BCUT2D eigenvalue weighted by Gasteiger charge is -2.30. The number of hydrogen-bond acceptors (Lipinski definition) is 3. The van der Waals surface area contributed by atoms with Crippen LogP contribution in [0.25, 0.3) is 10.8 Å². The summed E-state index contributed by atoms with van der Waals surface area (Å²) in [6.07, 6.45) is 2.01. The Labute approximate surface area is 152 Å². The summed E-state index contributed by atoms with van der Waals surface area (Å²) >= 11 is 0. The highest BCUT2D eigenvalue weighted by Crippen LogP contribution is 2.15. The molecule has 2 aromatic rings. The topological polar surface area (TPSA) is 71.4 Å². The average Bonchev–Trinajstić information content (AvgIpc) is 2.64. The summed E-state index contributed by atoms with van der Waals surface area (Å²) in [6, 6.07) is 9.22. The van der Waals surface area contributed by atoms with E-state index in [0.29, 0.717) is 11.3 Å². The number of nitrogens with zero attached hydrogens (tertiary/aromatic N) is 2. The summed E-state index contributed by atoms with van der Waals surface area (Å²) in [5, 5.41) is 4.10. The number of piperidine rings is 1. The maximum Gasteiger partial charge on any atom is 0.259 e. The number of rotatable bonds is 4. The van der Waals surface area contributed by atoms with E-state index in [0.717, 1.165) is 37.0 Å². The number of aromatic nitrogens is 1. The highest BCUT2D eigenvalue weighted by Gasteiger charge is 2.20. The normalized spacial score (nSPS) is 15.2. The molecule has 0 atom stereocenters. The third-order valence-corrected chi connectivity index (χ3v) is 5.10. The second kappa shape index (κ2) is 7.72. The maximum absolute atomic E-state index is 12.6. The van der Waals surface area contributed by atoms with Crippen molar-refractivity contribution in [2.24, 2.45) is 5.92 Å². The number of likely N-dealkylation sites (tertiary alicyclic amines) is 1. The zero-order valence-electron chi connectivity index (χ0n) is 15.3. The molecule has 0 spiro atoms. The highest BCUT2D eigenvalue weighted by molar-refractivity contribution is 5.85. The molecule has 0 bridgehead atoms. The van der Waals surface area contributed by atoms with Gasteiger partial charge in [-0.2, -0.15) is 0 Å². The minimum absolute atomic E-state index is 0.0193. The van der Waals surface area contributed by atoms with Gasteiger partial charge in [0, 0.05) is 24.2 Å². The van der Waals surface area contributed by atoms with Gasteiger partial charge in [-0.3, -0.25) is 14.4 Å². The van der Waals surface area contributed by atoms with Gasteiger partial charge in [-0.05, 0) is 43.2 Å². The standard InChI is InChI=1S/C20H25N3O3/c1-14-7-9-22(10-8-14)19(25)12-21-18(24)13-23-15(2)11-16-5-3-4-6-17(16)20(23)26/h3-6,11,14H,7-10,12-13H2,1-2H3,(H,21,24). The van der Waals surface area contributed by atoms with Crippen molar-refractivity contribution >= 4 is 22.6 Å². The fourth-order valence-electron chi connectivity index (χ4n) is 3.37. The second-order valence-corrected chi connectivity index (χ2v) is 7.10. The van der Waals surface area contributed by atoms with Crippen molar-refractivity contribution in [3.05, 3.63) is 46.4 Å². The molecule has 1 aliphatic heterocycles. The van der Waals surface area contributed by atoms with Gasteiger partial charge in [0.15, 0.2) is 0 Å². The van der Waals surface area contributed by atoms with Crippen LogP contribution >= 0.6 is 0 Å². The fourth-order valence-corrected chi connectivity index (χ4v) is 3.37. The molecular weight excluding hydrogens is 330 g/mol. The number of aryl methyl sites for hydroxylation is 1. The van der Waals surface area contributed by atoms with Crippen molar-refractivity contribution in [3.63, 3.8) is 0 Å². The van der Waals surface area contributed by atoms with Crippen LogP contribution in [0.5, 0.6) is 0 Å². The van der Waals surface area contributed by atoms with Crippen LogP contribution in [0, 0.1) is 12.8 Å². The van der Waals surface area contributed by atoms with Crippen LogP contribution in [-0.2, 0) is 16.1 Å². The predicted molar refractivity (Wildman–Crippen MR) is 101 cm³/mol. The first-order valence-electron chi connectivity index (χ1n) is 9.09. The number of benzene rings is 1. The zero-order chi connectivity index (χ0) is 18.7. The predicted octanol–water partition coefficient (Wildman–Crippen LogP) is 1.68. The molecule has 2 amide bonds. The Morgan fingerprint density at radius 3 is 2.62 bits per heavy atom. The SMILES string of the molecule is Cc1cc2ccccc2c(=O)n1CC(=O)NCC(=O)N1CCC(C)CC1. The van der Waals surface area contributed by atoms with Gasteiger partial charge >= 0.3 is 0 Å². The summed E-state index contributed by atoms with van der Waals surface area (Å²) < 4.78 is 1.45. The Bertz CT molecular complexity index is 879. The van der Waals surface area contributed by atoms with E-state index >= 15 is 0 Å². The summed E-state index contributed by atoms with van der Waals surface area (Å²) in [6.45, 7) is 5.39. The van der Waals surface area contributed by atoms with E-state index in [1.54, 1.807) is 17.9 Å². The minimum atomic E-state index is -0.329. The van der Waals surface area contributed by atoms with Crippen molar-refractivity contribution in [1.29, 1.82) is 0 Å². The molecule has 3 rings (SSSR count). The van der Waals surface area contributed by atoms with Crippen molar-refractivity contribution in [1.82, 2.24) is 14.8 Å². The van der Waals surface area contributed by atoms with Crippen molar-refractivity contribution in [3.8, 4) is 0 Å². The number of amides is 2. The van der Waals surface area contributed by atoms with E-state index in [9.17, 15) is 14.4 Å². The van der Waals surface area contributed by atoms with E-state index in [1.165, 1.54) is 4.57 Å². The molecule has 138 valence electrons. The van der Waals surface area contributed by atoms with Crippen LogP contribution in [0.4, 0.5) is 0 Å². The van der Waals surface area contributed by atoms with Gasteiger partial charge in [-0.1, -0.05) is 25.1 Å². The summed E-state index contributed by atoms with van der Waals surface area (Å²) in [5.74, 6) is 0.258. The summed E-state index contributed by atoms with van der Waals surface area (Å²) in [7, 11) is 0. The monoisotopic (exact) mass is 355 g/mol. The molecule has 1 aromatic carbocycles. The van der Waals surface area contributed by atoms with Crippen molar-refractivity contribution in [2.75, 3.05) is 19.6 Å². The molecule has 1 saturated heterocycles. The van der Waals surface area contributed by atoms with Gasteiger partial charge in [0.2, 0.25) is 11.8 Å². The number of nitrogens with one attached hydrogen (secondary N) is 1. The summed E-state index contributed by atoms with van der Waals surface area (Å²) in [5.41, 5.74) is 0.535. The molecule has 1 fully saturated rings. The average molecular weight is 355 g/mol. The second-order valence-electron chi connectivity index (χ2n) is 7.10. The lowest BCUT2D eigenvalue weighted by molar-refractivity contribution is -0.134. The minimum Gasteiger partial charge on any atom is -0.345 e. The molecular formula is C20H25N3O3. The third kappa shape index (κ3) is 3.95. The van der Waals surface area contributed by atoms with E-state index in [1.807, 2.05) is 24.3 Å². The lowest BCUT2D eigenvalue weighted by Crippen LogP contribution is -2.44. The fraction of sp³-hybridized carbons (Fsp3) is 0.450. The number of pyridine rings is 1. The Kier molecular flexibility index (Phi) is 5.40. The Morgan fingerprint density at radius 2 is 1.88 bits per heavy atom. The zero-order valence-corrected chi connectivity index (χ0v) is 15.3. The van der Waals surface area contributed by atoms with Gasteiger partial charge < -0.3 is 14.8 Å². The van der Waals surface area contributed by atoms with Gasteiger partial charge in [0.05, 0.1) is 6.54 Å². The van der Waals surface area contributed by atoms with Gasteiger partial charge in [-0.15, -0.1) is 0 Å². The molecule has 2 heterocycles. The first-order chi connectivity index (χ1) is 12.5. The van der Waals surface area contributed by atoms with Crippen LogP contribution in [0.1, 0.15) is 25.5 Å². The van der Waals surface area contributed by atoms with E-state index in [4.69, 9.17) is 0 Å². The smallest absolute Gasteiger partial charge is 0.259 e. The van der Waals surface area contributed by atoms with Crippen molar-refractivity contribution in [2.45, 2.75) is 33.2 Å². The van der Waals surface area contributed by atoms with Crippen LogP contribution in [-0.4, -0.2) is 40.9 Å². The molecule has 6 heteroatoms. The number of fused-ring (bicyclic) bond motifs is 1. The molecule has 0 aliphatic carbocycles. The quantitative estimate of drug-likeness (QED) is 0.907. The van der Waals surface area contributed by atoms with Crippen molar-refractivity contribution < 1.29 is 9.59 Å². The maximum atomic E-state index is 12.6. The van der Waals surface area contributed by atoms with E-state index < -0.39 is 0 Å². The highest BCUT2D eigenvalue weighted by atomic mass is 16.2. The van der Waals surface area contributed by atoms with Crippen LogP contribution < -0.4 is 10.9 Å². The molecule has 1 aliphatic rings. The summed E-state index contributed by atoms with van der Waals surface area (Å²) in [4.78, 5) is 38.9. The number of carbonyl (C=O) groups excluding carboxylic acids is 2. The van der Waals surface area contributed by atoms with Gasteiger partial charge in [0.1, 0.15) is 6.54 Å². The lowest BCUT2D eigenvalue weighted by atomic mass is 9.99. The van der Waals surface area contributed by atoms with Crippen LogP contribution in [0.3, 0.4) is 0 Å². The van der Waals surface area contributed by atoms with Gasteiger partial charge in [-0.25, -0.2) is 0 Å².